The Morgan fingerprint density at radius 1 is 1.33 bits per heavy atom. The first-order chi connectivity index (χ1) is 10.1. The largest absolute Gasteiger partial charge is 0.492 e. The van der Waals surface area contributed by atoms with Crippen molar-refractivity contribution in [3.63, 3.8) is 0 Å². The monoisotopic (exact) mass is 324 g/mol. The lowest BCUT2D eigenvalue weighted by atomic mass is 10.2. The molecule has 1 heterocycles. The molecule has 1 amide bonds. The van der Waals surface area contributed by atoms with Crippen molar-refractivity contribution in [2.45, 2.75) is 0 Å². The topological polar surface area (TPSA) is 42.4 Å². The first-order valence-corrected chi connectivity index (χ1v) is 7.07. The number of carbonyl (C=O) groups excluding carboxylic acids is 1. The minimum Gasteiger partial charge on any atom is -0.492 e. The molecular formula is C15H14Cl2N2O2. The lowest BCUT2D eigenvalue weighted by Gasteiger charge is -2.18. The van der Waals surface area contributed by atoms with Crippen LogP contribution in [-0.4, -0.2) is 36.0 Å². The zero-order valence-corrected chi connectivity index (χ0v) is 12.9. The summed E-state index contributed by atoms with van der Waals surface area (Å²) in [5.74, 6) is 0.477. The Morgan fingerprint density at radius 2 is 2.14 bits per heavy atom. The number of benzene rings is 1. The van der Waals surface area contributed by atoms with E-state index in [2.05, 4.69) is 4.98 Å². The van der Waals surface area contributed by atoms with Gasteiger partial charge in [0.15, 0.2) is 0 Å². The van der Waals surface area contributed by atoms with Crippen LogP contribution in [0.2, 0.25) is 10.0 Å². The Labute approximate surface area is 133 Å². The molecule has 0 atom stereocenters. The number of carbonyl (C=O) groups is 1. The summed E-state index contributed by atoms with van der Waals surface area (Å²) in [5, 5.41) is 0.997. The van der Waals surface area contributed by atoms with Gasteiger partial charge in [-0.1, -0.05) is 29.3 Å². The van der Waals surface area contributed by atoms with Gasteiger partial charge in [-0.3, -0.25) is 9.78 Å². The highest BCUT2D eigenvalue weighted by Crippen LogP contribution is 2.17. The molecule has 0 aliphatic rings. The van der Waals surface area contributed by atoms with E-state index in [0.717, 1.165) is 0 Å². The van der Waals surface area contributed by atoms with E-state index in [1.807, 2.05) is 12.1 Å². The second-order valence-electron chi connectivity index (χ2n) is 4.39. The number of nitrogens with zero attached hydrogens (tertiary/aromatic N) is 2. The highest BCUT2D eigenvalue weighted by molar-refractivity contribution is 6.33. The van der Waals surface area contributed by atoms with Gasteiger partial charge in [0.05, 0.1) is 17.1 Å². The van der Waals surface area contributed by atoms with Crippen LogP contribution in [0, 0.1) is 0 Å². The molecule has 0 aliphatic heterocycles. The lowest BCUT2D eigenvalue weighted by Crippen LogP contribution is -2.31. The molecule has 2 aromatic rings. The number of rotatable bonds is 5. The molecule has 0 saturated heterocycles. The maximum atomic E-state index is 12.2. The van der Waals surface area contributed by atoms with Crippen LogP contribution in [0.1, 0.15) is 10.4 Å². The highest BCUT2D eigenvalue weighted by atomic mass is 35.5. The lowest BCUT2D eigenvalue weighted by molar-refractivity contribution is 0.0773. The summed E-state index contributed by atoms with van der Waals surface area (Å²) >= 11 is 11.8. The van der Waals surface area contributed by atoms with Crippen molar-refractivity contribution in [1.29, 1.82) is 0 Å². The number of hydrogen-bond donors (Lipinski definition) is 0. The molecule has 1 aromatic heterocycles. The van der Waals surface area contributed by atoms with Crippen molar-refractivity contribution < 1.29 is 9.53 Å². The molecule has 0 saturated carbocycles. The Kier molecular flexibility index (Phi) is 5.42. The Bertz CT molecular complexity index is 635. The number of amides is 1. The van der Waals surface area contributed by atoms with Crippen molar-refractivity contribution in [2.75, 3.05) is 20.2 Å². The van der Waals surface area contributed by atoms with E-state index in [9.17, 15) is 4.79 Å². The average Bonchev–Trinajstić information content (AvgIpc) is 2.47. The summed E-state index contributed by atoms with van der Waals surface area (Å²) in [4.78, 5) is 17.6. The smallest absolute Gasteiger partial charge is 0.256 e. The maximum absolute atomic E-state index is 12.2. The van der Waals surface area contributed by atoms with Crippen LogP contribution >= 0.6 is 23.2 Å². The molecule has 0 bridgehead atoms. The van der Waals surface area contributed by atoms with Crippen LogP contribution in [0.4, 0.5) is 0 Å². The van der Waals surface area contributed by atoms with Crippen LogP contribution in [0.3, 0.4) is 0 Å². The first kappa shape index (κ1) is 15.6. The molecule has 0 unspecified atom stereocenters. The normalized spacial score (nSPS) is 10.2. The van der Waals surface area contributed by atoms with Gasteiger partial charge in [-0.05, 0) is 24.3 Å². The number of ether oxygens (including phenoxy) is 1. The van der Waals surface area contributed by atoms with Gasteiger partial charge < -0.3 is 9.64 Å². The quantitative estimate of drug-likeness (QED) is 0.844. The maximum Gasteiger partial charge on any atom is 0.256 e. The summed E-state index contributed by atoms with van der Waals surface area (Å²) in [5.41, 5.74) is 0.379. The SMILES string of the molecule is CN(CCOc1cccc(Cl)c1)C(=O)c1cnccc1Cl. The Balaban J connectivity index is 1.89. The van der Waals surface area contributed by atoms with Crippen molar-refractivity contribution in [2.24, 2.45) is 0 Å². The van der Waals surface area contributed by atoms with Gasteiger partial charge in [0.2, 0.25) is 0 Å². The fourth-order valence-electron chi connectivity index (χ4n) is 1.70. The van der Waals surface area contributed by atoms with E-state index in [1.54, 1.807) is 31.4 Å². The second-order valence-corrected chi connectivity index (χ2v) is 5.23. The van der Waals surface area contributed by atoms with E-state index in [4.69, 9.17) is 27.9 Å². The van der Waals surface area contributed by atoms with Gasteiger partial charge in [-0.25, -0.2) is 0 Å². The van der Waals surface area contributed by atoms with Gasteiger partial charge in [-0.2, -0.15) is 0 Å². The molecule has 0 aliphatic carbocycles. The summed E-state index contributed by atoms with van der Waals surface area (Å²) in [7, 11) is 1.69. The number of likely N-dealkylation sites (N-methyl/N-ethyl adjacent to an activating group) is 1. The molecule has 0 radical (unpaired) electrons. The Morgan fingerprint density at radius 3 is 2.86 bits per heavy atom. The first-order valence-electron chi connectivity index (χ1n) is 6.31. The number of halogens is 2. The third-order valence-corrected chi connectivity index (χ3v) is 3.40. The third kappa shape index (κ3) is 4.34. The minimum absolute atomic E-state index is 0.192. The summed E-state index contributed by atoms with van der Waals surface area (Å²) in [6.45, 7) is 0.789. The highest BCUT2D eigenvalue weighted by Gasteiger charge is 2.15. The standard InChI is InChI=1S/C15H14Cl2N2O2/c1-19(15(20)13-10-18-6-5-14(13)17)7-8-21-12-4-2-3-11(16)9-12/h2-6,9-10H,7-8H2,1H3. The molecule has 0 spiro atoms. The van der Waals surface area contributed by atoms with E-state index < -0.39 is 0 Å². The second kappa shape index (κ2) is 7.29. The van der Waals surface area contributed by atoms with Crippen LogP contribution in [-0.2, 0) is 0 Å². The minimum atomic E-state index is -0.192. The zero-order valence-electron chi connectivity index (χ0n) is 11.4. The predicted molar refractivity (Wildman–Crippen MR) is 83.2 cm³/mol. The number of aromatic nitrogens is 1. The summed E-state index contributed by atoms with van der Waals surface area (Å²) in [6.07, 6.45) is 3.00. The van der Waals surface area contributed by atoms with E-state index >= 15 is 0 Å². The van der Waals surface area contributed by atoms with Gasteiger partial charge in [0.1, 0.15) is 12.4 Å². The van der Waals surface area contributed by atoms with Crippen LogP contribution in [0.25, 0.3) is 0 Å². The van der Waals surface area contributed by atoms with E-state index in [-0.39, 0.29) is 5.91 Å². The number of pyridine rings is 1. The molecule has 2 rings (SSSR count). The van der Waals surface area contributed by atoms with Crippen molar-refractivity contribution in [3.8, 4) is 5.75 Å². The van der Waals surface area contributed by atoms with Crippen molar-refractivity contribution >= 4 is 29.1 Å². The average molecular weight is 325 g/mol. The zero-order chi connectivity index (χ0) is 15.2. The molecule has 0 N–H and O–H groups in total. The van der Waals surface area contributed by atoms with Crippen LogP contribution < -0.4 is 4.74 Å². The van der Waals surface area contributed by atoms with E-state index in [0.29, 0.717) is 34.5 Å². The molecule has 0 fully saturated rings. The van der Waals surface area contributed by atoms with Crippen LogP contribution in [0.15, 0.2) is 42.7 Å². The molecule has 4 nitrogen and oxygen atoms in total. The van der Waals surface area contributed by atoms with Crippen LogP contribution in [0.5, 0.6) is 5.75 Å². The predicted octanol–water partition coefficient (Wildman–Crippen LogP) is 3.54. The fourth-order valence-corrected chi connectivity index (χ4v) is 2.07. The molecule has 21 heavy (non-hydrogen) atoms. The summed E-state index contributed by atoms with van der Waals surface area (Å²) in [6, 6.07) is 8.70. The molecule has 1 aromatic carbocycles. The molecule has 110 valence electrons. The molecular weight excluding hydrogens is 311 g/mol. The fraction of sp³-hybridized carbons (Fsp3) is 0.200. The van der Waals surface area contributed by atoms with Crippen molar-refractivity contribution in [3.05, 3.63) is 58.3 Å². The van der Waals surface area contributed by atoms with E-state index in [1.165, 1.54) is 11.1 Å². The van der Waals surface area contributed by atoms with Gasteiger partial charge >= 0.3 is 0 Å². The summed E-state index contributed by atoms with van der Waals surface area (Å²) < 4.78 is 5.55. The number of hydrogen-bond acceptors (Lipinski definition) is 3. The third-order valence-electron chi connectivity index (χ3n) is 2.84. The van der Waals surface area contributed by atoms with Gasteiger partial charge in [0, 0.05) is 24.5 Å². The molecule has 6 heteroatoms. The Hall–Kier alpha value is -1.78. The van der Waals surface area contributed by atoms with Crippen molar-refractivity contribution in [1.82, 2.24) is 9.88 Å². The van der Waals surface area contributed by atoms with Gasteiger partial charge in [0.25, 0.3) is 5.91 Å². The van der Waals surface area contributed by atoms with Gasteiger partial charge in [-0.15, -0.1) is 0 Å².